The maximum Gasteiger partial charge on any atom is 0.253 e. The van der Waals surface area contributed by atoms with E-state index in [1.165, 1.54) is 0 Å². The highest BCUT2D eigenvalue weighted by molar-refractivity contribution is 9.10. The number of rotatable bonds is 4. The van der Waals surface area contributed by atoms with Crippen LogP contribution in [0.4, 0.5) is 0 Å². The summed E-state index contributed by atoms with van der Waals surface area (Å²) >= 11 is 3.39. The molecule has 2 amide bonds. The van der Waals surface area contributed by atoms with Crippen molar-refractivity contribution in [2.45, 2.75) is 26.3 Å². The van der Waals surface area contributed by atoms with Crippen LogP contribution in [0.3, 0.4) is 0 Å². The molecule has 136 valence electrons. The number of nitrogens with one attached hydrogen (secondary N) is 1. The quantitative estimate of drug-likeness (QED) is 0.821. The van der Waals surface area contributed by atoms with Crippen LogP contribution in [0.1, 0.15) is 35.7 Å². The highest BCUT2D eigenvalue weighted by atomic mass is 79.9. The van der Waals surface area contributed by atoms with Crippen LogP contribution in [0.25, 0.3) is 0 Å². The predicted molar refractivity (Wildman–Crippen MR) is 106 cm³/mol. The number of carbonyl (C=O) groups is 2. The number of amides is 2. The molecule has 0 aromatic heterocycles. The standard InChI is InChI=1S/C21H23BrN2O2/c1-21(20(26)23-14-16-6-3-2-4-7-16)12-5-13-24(15-21)19(25)17-8-10-18(22)11-9-17/h2-4,6-11H,5,12-15H2,1H3,(H,23,26)/t21-/m0/s1. The summed E-state index contributed by atoms with van der Waals surface area (Å²) in [6, 6.07) is 17.2. The van der Waals surface area contributed by atoms with Gasteiger partial charge in [-0.2, -0.15) is 0 Å². The Hall–Kier alpha value is -2.14. The number of likely N-dealkylation sites (tertiary alicyclic amines) is 1. The van der Waals surface area contributed by atoms with Crippen molar-refractivity contribution in [2.75, 3.05) is 13.1 Å². The Morgan fingerprint density at radius 3 is 2.50 bits per heavy atom. The number of halogens is 1. The molecule has 1 aliphatic heterocycles. The second-order valence-corrected chi connectivity index (χ2v) is 7.98. The van der Waals surface area contributed by atoms with Crippen LogP contribution in [0, 0.1) is 5.41 Å². The molecule has 1 N–H and O–H groups in total. The summed E-state index contributed by atoms with van der Waals surface area (Å²) < 4.78 is 0.942. The third kappa shape index (κ3) is 4.33. The lowest BCUT2D eigenvalue weighted by atomic mass is 9.80. The first kappa shape index (κ1) is 18.6. The predicted octanol–water partition coefficient (Wildman–Crippen LogP) is 4.01. The molecule has 1 fully saturated rings. The van der Waals surface area contributed by atoms with Gasteiger partial charge in [-0.3, -0.25) is 9.59 Å². The van der Waals surface area contributed by atoms with E-state index in [-0.39, 0.29) is 11.8 Å². The molecule has 0 radical (unpaired) electrons. The minimum Gasteiger partial charge on any atom is -0.351 e. The topological polar surface area (TPSA) is 49.4 Å². The van der Waals surface area contributed by atoms with Gasteiger partial charge >= 0.3 is 0 Å². The van der Waals surface area contributed by atoms with Gasteiger partial charge in [0.25, 0.3) is 5.91 Å². The number of benzene rings is 2. The van der Waals surface area contributed by atoms with E-state index < -0.39 is 5.41 Å². The molecule has 0 spiro atoms. The zero-order chi connectivity index (χ0) is 18.6. The molecular weight excluding hydrogens is 392 g/mol. The monoisotopic (exact) mass is 414 g/mol. The van der Waals surface area contributed by atoms with E-state index in [4.69, 9.17) is 0 Å². The lowest BCUT2D eigenvalue weighted by Crippen LogP contribution is -2.51. The number of piperidine rings is 1. The highest BCUT2D eigenvalue weighted by Gasteiger charge is 2.39. The maximum atomic E-state index is 12.8. The van der Waals surface area contributed by atoms with E-state index in [1.807, 2.05) is 61.5 Å². The van der Waals surface area contributed by atoms with Crippen LogP contribution >= 0.6 is 15.9 Å². The van der Waals surface area contributed by atoms with E-state index in [1.54, 1.807) is 4.90 Å². The summed E-state index contributed by atoms with van der Waals surface area (Å²) in [6.45, 7) is 3.60. The zero-order valence-electron chi connectivity index (χ0n) is 14.9. The average molecular weight is 415 g/mol. The van der Waals surface area contributed by atoms with Gasteiger partial charge in [0.1, 0.15) is 0 Å². The summed E-state index contributed by atoms with van der Waals surface area (Å²) in [6.07, 6.45) is 1.62. The minimum absolute atomic E-state index is 0.00894. The first-order valence-corrected chi connectivity index (χ1v) is 9.64. The summed E-state index contributed by atoms with van der Waals surface area (Å²) in [4.78, 5) is 27.4. The van der Waals surface area contributed by atoms with Crippen molar-refractivity contribution in [3.63, 3.8) is 0 Å². The smallest absolute Gasteiger partial charge is 0.253 e. The van der Waals surface area contributed by atoms with Crippen molar-refractivity contribution in [2.24, 2.45) is 5.41 Å². The van der Waals surface area contributed by atoms with Crippen LogP contribution in [-0.2, 0) is 11.3 Å². The second kappa shape index (κ2) is 8.04. The molecule has 0 saturated carbocycles. The number of carbonyl (C=O) groups excluding carboxylic acids is 2. The molecule has 5 heteroatoms. The van der Waals surface area contributed by atoms with Crippen LogP contribution in [-0.4, -0.2) is 29.8 Å². The van der Waals surface area contributed by atoms with Crippen molar-refractivity contribution in [1.29, 1.82) is 0 Å². The van der Waals surface area contributed by atoms with Gasteiger partial charge in [0.2, 0.25) is 5.91 Å². The largest absolute Gasteiger partial charge is 0.351 e. The Morgan fingerprint density at radius 1 is 1.12 bits per heavy atom. The molecule has 0 unspecified atom stereocenters. The second-order valence-electron chi connectivity index (χ2n) is 7.07. The number of hydrogen-bond acceptors (Lipinski definition) is 2. The summed E-state index contributed by atoms with van der Waals surface area (Å²) in [7, 11) is 0. The molecule has 0 bridgehead atoms. The fraction of sp³-hybridized carbons (Fsp3) is 0.333. The molecule has 2 aromatic carbocycles. The molecule has 1 heterocycles. The fourth-order valence-electron chi connectivity index (χ4n) is 3.36. The van der Waals surface area contributed by atoms with Crippen LogP contribution < -0.4 is 5.32 Å². The Bertz CT molecular complexity index is 776. The molecular formula is C21H23BrN2O2. The van der Waals surface area contributed by atoms with Gasteiger partial charge in [-0.25, -0.2) is 0 Å². The lowest BCUT2D eigenvalue weighted by molar-refractivity contribution is -0.132. The van der Waals surface area contributed by atoms with E-state index in [9.17, 15) is 9.59 Å². The van der Waals surface area contributed by atoms with Gasteiger partial charge in [0.15, 0.2) is 0 Å². The Kier molecular flexibility index (Phi) is 5.77. The van der Waals surface area contributed by atoms with Gasteiger partial charge in [-0.1, -0.05) is 46.3 Å². The highest BCUT2D eigenvalue weighted by Crippen LogP contribution is 2.30. The van der Waals surface area contributed by atoms with Crippen molar-refractivity contribution >= 4 is 27.7 Å². The van der Waals surface area contributed by atoms with Crippen molar-refractivity contribution in [1.82, 2.24) is 10.2 Å². The Morgan fingerprint density at radius 2 is 1.81 bits per heavy atom. The molecule has 1 atom stereocenters. The first-order chi connectivity index (χ1) is 12.5. The zero-order valence-corrected chi connectivity index (χ0v) is 16.5. The van der Waals surface area contributed by atoms with Crippen molar-refractivity contribution in [3.05, 3.63) is 70.2 Å². The first-order valence-electron chi connectivity index (χ1n) is 8.85. The third-order valence-electron chi connectivity index (χ3n) is 4.92. The third-order valence-corrected chi connectivity index (χ3v) is 5.45. The SMILES string of the molecule is C[C@]1(C(=O)NCc2ccccc2)CCCN(C(=O)c2ccc(Br)cc2)C1. The summed E-state index contributed by atoms with van der Waals surface area (Å²) in [5, 5.41) is 3.03. The number of nitrogens with zero attached hydrogens (tertiary/aromatic N) is 1. The summed E-state index contributed by atoms with van der Waals surface area (Å²) in [5.41, 5.74) is 1.17. The molecule has 1 saturated heterocycles. The fourth-order valence-corrected chi connectivity index (χ4v) is 3.63. The minimum atomic E-state index is -0.557. The van der Waals surface area contributed by atoms with Crippen LogP contribution in [0.15, 0.2) is 59.1 Å². The summed E-state index contributed by atoms with van der Waals surface area (Å²) in [5.74, 6) is -0.00561. The van der Waals surface area contributed by atoms with Gasteiger partial charge in [0, 0.05) is 29.7 Å². The molecule has 1 aliphatic rings. The Labute approximate surface area is 162 Å². The van der Waals surface area contributed by atoms with E-state index in [0.717, 1.165) is 22.9 Å². The van der Waals surface area contributed by atoms with E-state index >= 15 is 0 Å². The van der Waals surface area contributed by atoms with E-state index in [0.29, 0.717) is 25.2 Å². The van der Waals surface area contributed by atoms with Gasteiger partial charge in [0.05, 0.1) is 5.41 Å². The van der Waals surface area contributed by atoms with Gasteiger partial charge in [-0.15, -0.1) is 0 Å². The van der Waals surface area contributed by atoms with E-state index in [2.05, 4.69) is 21.2 Å². The molecule has 4 nitrogen and oxygen atoms in total. The van der Waals surface area contributed by atoms with Crippen molar-refractivity contribution < 1.29 is 9.59 Å². The maximum absolute atomic E-state index is 12.8. The lowest BCUT2D eigenvalue weighted by Gasteiger charge is -2.39. The molecule has 26 heavy (non-hydrogen) atoms. The van der Waals surface area contributed by atoms with Crippen LogP contribution in [0.2, 0.25) is 0 Å². The number of hydrogen-bond donors (Lipinski definition) is 1. The average Bonchev–Trinajstić information content (AvgIpc) is 2.67. The van der Waals surface area contributed by atoms with Gasteiger partial charge < -0.3 is 10.2 Å². The van der Waals surface area contributed by atoms with Crippen LogP contribution in [0.5, 0.6) is 0 Å². The molecule has 2 aromatic rings. The molecule has 0 aliphatic carbocycles. The van der Waals surface area contributed by atoms with Gasteiger partial charge in [-0.05, 0) is 49.6 Å². The molecule has 3 rings (SSSR count). The van der Waals surface area contributed by atoms with Crippen molar-refractivity contribution in [3.8, 4) is 0 Å². The Balaban J connectivity index is 1.64. The normalized spacial score (nSPS) is 19.8.